The number of carbonyl (C=O) groups excluding carboxylic acids is 1. The van der Waals surface area contributed by atoms with Gasteiger partial charge >= 0.3 is 11.9 Å². The Morgan fingerprint density at radius 3 is 1.07 bits per heavy atom. The van der Waals surface area contributed by atoms with Crippen molar-refractivity contribution in [3.63, 3.8) is 0 Å². The van der Waals surface area contributed by atoms with E-state index in [2.05, 4.69) is 30.7 Å². The van der Waals surface area contributed by atoms with Crippen LogP contribution in [0.1, 0.15) is 206 Å². The minimum atomic E-state index is -0.653. The third-order valence-electron chi connectivity index (χ3n) is 7.86. The van der Waals surface area contributed by atoms with E-state index in [0.29, 0.717) is 12.8 Å². The zero-order valence-electron chi connectivity index (χ0n) is 28.0. The molecule has 0 amide bonds. The Kier molecular flexibility index (Phi) is 39.4. The molecule has 0 fully saturated rings. The van der Waals surface area contributed by atoms with Crippen LogP contribution >= 0.6 is 0 Å². The lowest BCUT2D eigenvalue weighted by molar-refractivity contribution is -0.141. The van der Waals surface area contributed by atoms with Crippen molar-refractivity contribution in [1.29, 1.82) is 0 Å². The van der Waals surface area contributed by atoms with Gasteiger partial charge in [0.25, 0.3) is 0 Å². The first-order chi connectivity index (χ1) is 20.1. The number of hydrogen-bond acceptors (Lipinski definition) is 3. The van der Waals surface area contributed by atoms with Crippen molar-refractivity contribution < 1.29 is 19.4 Å². The summed E-state index contributed by atoms with van der Waals surface area (Å²) in [7, 11) is 1.46. The number of unbranched alkanes of at least 4 members (excludes halogenated alkanes) is 25. The molecule has 1 N–H and O–H groups in total. The fourth-order valence-electron chi connectivity index (χ4n) is 5.09. The van der Waals surface area contributed by atoms with Crippen LogP contribution in [-0.2, 0) is 14.3 Å². The summed E-state index contributed by atoms with van der Waals surface area (Å²) in [6.07, 6.45) is 42.2. The van der Waals surface area contributed by atoms with E-state index in [4.69, 9.17) is 5.11 Å². The molecule has 41 heavy (non-hydrogen) atoms. The number of carbonyl (C=O) groups is 2. The summed E-state index contributed by atoms with van der Waals surface area (Å²) in [5.74, 6) is -0.729. The zero-order valence-corrected chi connectivity index (χ0v) is 28.0. The summed E-state index contributed by atoms with van der Waals surface area (Å²) in [6, 6.07) is 0. The fourth-order valence-corrected chi connectivity index (χ4v) is 5.09. The van der Waals surface area contributed by atoms with Crippen molar-refractivity contribution in [1.82, 2.24) is 0 Å². The predicted octanol–water partition coefficient (Wildman–Crippen LogP) is 12.5. The highest BCUT2D eigenvalue weighted by molar-refractivity contribution is 5.69. The van der Waals surface area contributed by atoms with Gasteiger partial charge in [-0.2, -0.15) is 0 Å². The second-order valence-electron chi connectivity index (χ2n) is 12.0. The Morgan fingerprint density at radius 1 is 0.463 bits per heavy atom. The molecule has 4 heteroatoms. The van der Waals surface area contributed by atoms with Gasteiger partial charge in [0, 0.05) is 12.8 Å². The van der Waals surface area contributed by atoms with E-state index in [0.717, 1.165) is 25.7 Å². The maximum Gasteiger partial charge on any atom is 0.305 e. The van der Waals surface area contributed by atoms with Crippen molar-refractivity contribution in [2.75, 3.05) is 7.11 Å². The molecular weight excluding hydrogens is 508 g/mol. The van der Waals surface area contributed by atoms with E-state index in [1.165, 1.54) is 161 Å². The minimum Gasteiger partial charge on any atom is -0.481 e. The monoisotopic (exact) mass is 581 g/mol. The van der Waals surface area contributed by atoms with Gasteiger partial charge in [-0.3, -0.25) is 9.59 Å². The van der Waals surface area contributed by atoms with Crippen LogP contribution in [0, 0.1) is 0 Å². The quantitative estimate of drug-likeness (QED) is 0.0503. The van der Waals surface area contributed by atoms with Crippen molar-refractivity contribution in [2.45, 2.75) is 206 Å². The van der Waals surface area contributed by atoms with E-state index < -0.39 is 5.97 Å². The molecule has 0 aliphatic rings. The topological polar surface area (TPSA) is 63.6 Å². The Morgan fingerprint density at radius 2 is 0.756 bits per heavy atom. The second kappa shape index (κ2) is 38.7. The number of carboxylic acid groups (broad SMARTS) is 1. The van der Waals surface area contributed by atoms with Gasteiger partial charge < -0.3 is 9.84 Å². The molecule has 0 spiro atoms. The molecule has 0 radical (unpaired) electrons. The van der Waals surface area contributed by atoms with E-state index in [-0.39, 0.29) is 5.97 Å². The van der Waals surface area contributed by atoms with Crippen LogP contribution in [0.25, 0.3) is 0 Å². The number of carboxylic acids is 1. The summed E-state index contributed by atoms with van der Waals surface area (Å²) in [5.41, 5.74) is 0. The van der Waals surface area contributed by atoms with Crippen LogP contribution in [0.4, 0.5) is 0 Å². The average Bonchev–Trinajstić information content (AvgIpc) is 2.97. The largest absolute Gasteiger partial charge is 0.481 e. The Labute approximate surface area is 256 Å². The van der Waals surface area contributed by atoms with Gasteiger partial charge in [0.05, 0.1) is 7.11 Å². The highest BCUT2D eigenvalue weighted by Gasteiger charge is 1.99. The van der Waals surface area contributed by atoms with Gasteiger partial charge in [0.1, 0.15) is 0 Å². The molecule has 0 saturated carbocycles. The molecule has 0 aromatic heterocycles. The lowest BCUT2D eigenvalue weighted by atomic mass is 10.0. The van der Waals surface area contributed by atoms with Crippen LogP contribution in [0.2, 0.25) is 0 Å². The Bertz CT molecular complexity index is 543. The molecule has 0 saturated heterocycles. The summed E-state index contributed by atoms with van der Waals surface area (Å²) in [6.45, 7) is 4.54. The molecule has 0 atom stereocenters. The zero-order chi connectivity index (χ0) is 30.5. The van der Waals surface area contributed by atoms with E-state index in [1.54, 1.807) is 0 Å². The van der Waals surface area contributed by atoms with Crippen LogP contribution in [-0.4, -0.2) is 24.2 Å². The fraction of sp³-hybridized carbons (Fsp3) is 0.892. The Hall–Kier alpha value is -1.32. The van der Waals surface area contributed by atoms with Crippen LogP contribution in [0.15, 0.2) is 12.2 Å². The predicted molar refractivity (Wildman–Crippen MR) is 179 cm³/mol. The highest BCUT2D eigenvalue weighted by atomic mass is 16.5. The first-order valence-electron chi connectivity index (χ1n) is 18.0. The molecule has 0 unspecified atom stereocenters. The molecule has 244 valence electrons. The molecule has 0 rings (SSSR count). The molecule has 0 aliphatic heterocycles. The van der Waals surface area contributed by atoms with Crippen LogP contribution in [0.3, 0.4) is 0 Å². The number of aliphatic carboxylic acids is 1. The van der Waals surface area contributed by atoms with Gasteiger partial charge in [0.2, 0.25) is 0 Å². The van der Waals surface area contributed by atoms with Crippen molar-refractivity contribution in [3.8, 4) is 0 Å². The number of esters is 1. The van der Waals surface area contributed by atoms with E-state index in [1.807, 2.05) is 0 Å². The summed E-state index contributed by atoms with van der Waals surface area (Å²) in [4.78, 5) is 21.2. The van der Waals surface area contributed by atoms with Gasteiger partial charge in [-0.05, 0) is 38.5 Å². The first-order valence-corrected chi connectivity index (χ1v) is 18.0. The van der Waals surface area contributed by atoms with Gasteiger partial charge in [-0.1, -0.05) is 167 Å². The van der Waals surface area contributed by atoms with Crippen LogP contribution in [0.5, 0.6) is 0 Å². The van der Waals surface area contributed by atoms with Gasteiger partial charge in [-0.15, -0.1) is 0 Å². The lowest BCUT2D eigenvalue weighted by Gasteiger charge is -2.03. The SMILES string of the molecule is CCCCCCCC/C=C\CCCCCCCC(=O)OC.CCCCCCCCCCCCCCCCCC(=O)O. The number of hydrogen-bond donors (Lipinski definition) is 1. The van der Waals surface area contributed by atoms with Crippen LogP contribution < -0.4 is 0 Å². The van der Waals surface area contributed by atoms with Gasteiger partial charge in [0.15, 0.2) is 0 Å². The number of rotatable bonds is 31. The average molecular weight is 581 g/mol. The van der Waals surface area contributed by atoms with E-state index in [9.17, 15) is 9.59 Å². The molecular formula is C37H72O4. The van der Waals surface area contributed by atoms with E-state index >= 15 is 0 Å². The smallest absolute Gasteiger partial charge is 0.305 e. The molecule has 0 aromatic rings. The lowest BCUT2D eigenvalue weighted by Crippen LogP contribution is -1.98. The maximum atomic E-state index is 10.9. The van der Waals surface area contributed by atoms with Crippen molar-refractivity contribution in [2.24, 2.45) is 0 Å². The molecule has 0 aromatic carbocycles. The summed E-state index contributed by atoms with van der Waals surface area (Å²) in [5, 5.41) is 8.52. The third kappa shape index (κ3) is 43.3. The standard InChI is InChI=1S/C19H36O2.C18H36O2/c1-3-4-5-6-7-8-9-10-11-12-13-14-15-16-17-18-19(20)21-2;1-2-3-4-5-6-7-8-9-10-11-12-13-14-15-16-17-18(19)20/h10-11H,3-9,12-18H2,1-2H3;2-17H2,1H3,(H,19,20)/b11-10-;. The minimum absolute atomic E-state index is 0.0763. The molecule has 4 nitrogen and oxygen atoms in total. The highest BCUT2D eigenvalue weighted by Crippen LogP contribution is 2.14. The third-order valence-corrected chi connectivity index (χ3v) is 7.86. The molecule has 0 bridgehead atoms. The second-order valence-corrected chi connectivity index (χ2v) is 12.0. The number of allylic oxidation sites excluding steroid dienone is 2. The van der Waals surface area contributed by atoms with Gasteiger partial charge in [-0.25, -0.2) is 0 Å². The molecule has 0 aliphatic carbocycles. The first kappa shape index (κ1) is 41.8. The molecule has 0 heterocycles. The maximum absolute atomic E-state index is 10.9. The number of methoxy groups -OCH3 is 1. The summed E-state index contributed by atoms with van der Waals surface area (Å²) < 4.78 is 4.62. The normalized spacial score (nSPS) is 11.0. The van der Waals surface area contributed by atoms with Crippen molar-refractivity contribution in [3.05, 3.63) is 12.2 Å². The number of ether oxygens (including phenoxy) is 1. The van der Waals surface area contributed by atoms with Crippen molar-refractivity contribution >= 4 is 11.9 Å². The Balaban J connectivity index is 0. The summed E-state index contributed by atoms with van der Waals surface area (Å²) >= 11 is 0.